The molecule has 2 aromatic rings. The van der Waals surface area contributed by atoms with Gasteiger partial charge in [-0.05, 0) is 44.0 Å². The van der Waals surface area contributed by atoms with Crippen LogP contribution in [0.2, 0.25) is 0 Å². The number of carbonyl (C=O) groups excluding carboxylic acids is 2. The Balaban J connectivity index is 1.60. The van der Waals surface area contributed by atoms with Gasteiger partial charge in [-0.25, -0.2) is 5.43 Å². The summed E-state index contributed by atoms with van der Waals surface area (Å²) in [6.45, 7) is 2.31. The van der Waals surface area contributed by atoms with Gasteiger partial charge in [0.2, 0.25) is 5.91 Å². The summed E-state index contributed by atoms with van der Waals surface area (Å²) < 4.78 is 0. The first-order chi connectivity index (χ1) is 13.1. The number of amides is 2. The van der Waals surface area contributed by atoms with Crippen LogP contribution in [0.3, 0.4) is 0 Å². The highest BCUT2D eigenvalue weighted by atomic mass is 16.3. The van der Waals surface area contributed by atoms with E-state index in [1.165, 1.54) is 0 Å². The van der Waals surface area contributed by atoms with Crippen LogP contribution in [0.1, 0.15) is 48.5 Å². The molecule has 6 heteroatoms. The van der Waals surface area contributed by atoms with E-state index in [9.17, 15) is 14.7 Å². The Morgan fingerprint density at radius 3 is 2.41 bits per heavy atom. The van der Waals surface area contributed by atoms with Gasteiger partial charge in [-0.1, -0.05) is 36.8 Å². The average Bonchev–Trinajstić information content (AvgIpc) is 2.69. The highest BCUT2D eigenvalue weighted by Gasteiger charge is 2.06. The number of phenols is 1. The number of phenolic OH excluding ortho intramolecular Hbond substituents is 1. The molecule has 27 heavy (non-hydrogen) atoms. The van der Waals surface area contributed by atoms with Gasteiger partial charge in [0.25, 0.3) is 5.91 Å². The third-order valence-electron chi connectivity index (χ3n) is 4.04. The van der Waals surface area contributed by atoms with E-state index in [2.05, 4.69) is 15.8 Å². The van der Waals surface area contributed by atoms with Crippen LogP contribution in [0.15, 0.2) is 59.7 Å². The molecule has 0 aliphatic heterocycles. The van der Waals surface area contributed by atoms with Crippen LogP contribution >= 0.6 is 0 Å². The molecule has 0 saturated carbocycles. The van der Waals surface area contributed by atoms with Crippen molar-refractivity contribution in [2.75, 3.05) is 6.54 Å². The molecule has 3 N–H and O–H groups in total. The quantitative estimate of drug-likeness (QED) is 0.361. The molecule has 6 nitrogen and oxygen atoms in total. The average molecular weight is 367 g/mol. The van der Waals surface area contributed by atoms with E-state index in [-0.39, 0.29) is 17.6 Å². The zero-order valence-electron chi connectivity index (χ0n) is 15.4. The molecule has 2 aromatic carbocycles. The van der Waals surface area contributed by atoms with Crippen molar-refractivity contribution < 1.29 is 14.7 Å². The van der Waals surface area contributed by atoms with Gasteiger partial charge >= 0.3 is 0 Å². The Morgan fingerprint density at radius 2 is 1.67 bits per heavy atom. The van der Waals surface area contributed by atoms with Crippen molar-refractivity contribution in [2.24, 2.45) is 5.10 Å². The minimum Gasteiger partial charge on any atom is -0.507 e. The summed E-state index contributed by atoms with van der Waals surface area (Å²) >= 11 is 0. The van der Waals surface area contributed by atoms with Crippen LogP contribution in [0.25, 0.3) is 0 Å². The Hall–Kier alpha value is -3.15. The molecule has 0 saturated heterocycles. The molecular weight excluding hydrogens is 342 g/mol. The van der Waals surface area contributed by atoms with Gasteiger partial charge < -0.3 is 10.4 Å². The Kier molecular flexibility index (Phi) is 8.03. The molecule has 0 radical (unpaired) electrons. The first-order valence-electron chi connectivity index (χ1n) is 9.02. The van der Waals surface area contributed by atoms with Gasteiger partial charge in [-0.15, -0.1) is 0 Å². The summed E-state index contributed by atoms with van der Waals surface area (Å²) in [6.07, 6.45) is 2.74. The Bertz CT molecular complexity index is 788. The van der Waals surface area contributed by atoms with Gasteiger partial charge in [0.1, 0.15) is 5.75 Å². The van der Waals surface area contributed by atoms with E-state index >= 15 is 0 Å². The number of hydrazone groups is 1. The van der Waals surface area contributed by atoms with E-state index in [1.807, 2.05) is 18.2 Å². The van der Waals surface area contributed by atoms with Crippen molar-refractivity contribution in [1.29, 1.82) is 0 Å². The minimum atomic E-state index is -0.168. The second kappa shape index (κ2) is 10.8. The van der Waals surface area contributed by atoms with Gasteiger partial charge in [0.15, 0.2) is 0 Å². The summed E-state index contributed by atoms with van der Waals surface area (Å²) in [4.78, 5) is 23.7. The molecule has 142 valence electrons. The third kappa shape index (κ3) is 6.93. The lowest BCUT2D eigenvalue weighted by atomic mass is 10.1. The van der Waals surface area contributed by atoms with E-state index in [0.29, 0.717) is 29.8 Å². The van der Waals surface area contributed by atoms with Crippen molar-refractivity contribution in [3.63, 3.8) is 0 Å². The van der Waals surface area contributed by atoms with Crippen molar-refractivity contribution in [2.45, 2.75) is 32.6 Å². The lowest BCUT2D eigenvalue weighted by Crippen LogP contribution is -2.24. The summed E-state index contributed by atoms with van der Waals surface area (Å²) in [5.41, 5.74) is 4.29. The summed E-state index contributed by atoms with van der Waals surface area (Å²) in [7, 11) is 0. The van der Waals surface area contributed by atoms with Crippen LogP contribution in [-0.4, -0.2) is 29.2 Å². The molecular formula is C21H25N3O3. The summed E-state index contributed by atoms with van der Waals surface area (Å²) in [6, 6.07) is 15.9. The molecule has 0 atom stereocenters. The highest BCUT2D eigenvalue weighted by molar-refractivity contribution is 6.01. The molecule has 0 spiro atoms. The van der Waals surface area contributed by atoms with Gasteiger partial charge in [-0.2, -0.15) is 5.10 Å². The number of rotatable bonds is 9. The number of hydrogen-bond donors (Lipinski definition) is 3. The number of hydrogen-bond acceptors (Lipinski definition) is 4. The first-order valence-corrected chi connectivity index (χ1v) is 9.02. The number of benzene rings is 2. The van der Waals surface area contributed by atoms with Crippen molar-refractivity contribution in [3.05, 3.63) is 65.7 Å². The number of aromatic hydroxyl groups is 1. The molecule has 0 aromatic heterocycles. The zero-order chi connectivity index (χ0) is 19.5. The van der Waals surface area contributed by atoms with E-state index in [1.54, 1.807) is 43.3 Å². The Labute approximate surface area is 159 Å². The number of nitrogens with one attached hydrogen (secondary N) is 2. The molecule has 2 rings (SSSR count). The number of unbranched alkanes of at least 4 members (excludes halogenated alkanes) is 2. The topological polar surface area (TPSA) is 90.8 Å². The number of carbonyl (C=O) groups is 2. The largest absolute Gasteiger partial charge is 0.507 e. The first kappa shape index (κ1) is 20.2. The maximum atomic E-state index is 11.9. The number of para-hydroxylation sites is 1. The normalized spacial score (nSPS) is 11.1. The van der Waals surface area contributed by atoms with E-state index < -0.39 is 0 Å². The van der Waals surface area contributed by atoms with Gasteiger partial charge in [0, 0.05) is 24.1 Å². The molecule has 2 amide bonds. The minimum absolute atomic E-state index is 0.0812. The van der Waals surface area contributed by atoms with Crippen molar-refractivity contribution >= 4 is 17.5 Å². The lowest BCUT2D eigenvalue weighted by molar-refractivity contribution is -0.121. The molecule has 0 bridgehead atoms. The second-order valence-electron chi connectivity index (χ2n) is 6.18. The monoisotopic (exact) mass is 367 g/mol. The van der Waals surface area contributed by atoms with E-state index in [0.717, 1.165) is 19.3 Å². The third-order valence-corrected chi connectivity index (χ3v) is 4.04. The molecule has 0 aliphatic carbocycles. The highest BCUT2D eigenvalue weighted by Crippen LogP contribution is 2.16. The predicted molar refractivity (Wildman–Crippen MR) is 106 cm³/mol. The van der Waals surface area contributed by atoms with Crippen LogP contribution in [0, 0.1) is 0 Å². The second-order valence-corrected chi connectivity index (χ2v) is 6.18. The van der Waals surface area contributed by atoms with Crippen molar-refractivity contribution in [1.82, 2.24) is 10.7 Å². The molecule has 0 fully saturated rings. The molecule has 0 aliphatic rings. The van der Waals surface area contributed by atoms with Crippen LogP contribution < -0.4 is 10.7 Å². The van der Waals surface area contributed by atoms with Gasteiger partial charge in [0.05, 0.1) is 5.71 Å². The maximum Gasteiger partial charge on any atom is 0.251 e. The summed E-state index contributed by atoms with van der Waals surface area (Å²) in [5.74, 6) is -0.119. The van der Waals surface area contributed by atoms with Crippen LogP contribution in [-0.2, 0) is 4.79 Å². The molecule has 0 unspecified atom stereocenters. The fourth-order valence-corrected chi connectivity index (χ4v) is 2.52. The number of nitrogens with zero attached hydrogens (tertiary/aromatic N) is 1. The maximum absolute atomic E-state index is 11.9. The smallest absolute Gasteiger partial charge is 0.251 e. The standard InChI is InChI=1S/C21H25N3O3/c1-16(18-12-7-8-13-19(18)25)23-24-20(26)14-6-3-9-15-22-21(27)17-10-4-2-5-11-17/h2,4-5,7-8,10-13,25H,3,6,9,14-15H2,1H3,(H,22,27)(H,24,26)/b23-16+. The Morgan fingerprint density at radius 1 is 0.963 bits per heavy atom. The van der Waals surface area contributed by atoms with E-state index in [4.69, 9.17) is 0 Å². The van der Waals surface area contributed by atoms with Crippen LogP contribution in [0.4, 0.5) is 0 Å². The predicted octanol–water partition coefficient (Wildman–Crippen LogP) is 3.22. The van der Waals surface area contributed by atoms with Crippen LogP contribution in [0.5, 0.6) is 5.75 Å². The lowest BCUT2D eigenvalue weighted by Gasteiger charge is -2.06. The SMILES string of the molecule is C/C(=N\NC(=O)CCCCCNC(=O)c1ccccc1)c1ccccc1O. The fourth-order valence-electron chi connectivity index (χ4n) is 2.52. The summed E-state index contributed by atoms with van der Waals surface area (Å²) in [5, 5.41) is 16.7. The van der Waals surface area contributed by atoms with Gasteiger partial charge in [-0.3, -0.25) is 9.59 Å². The van der Waals surface area contributed by atoms with Crippen molar-refractivity contribution in [3.8, 4) is 5.75 Å². The zero-order valence-corrected chi connectivity index (χ0v) is 15.4. The molecule has 0 heterocycles. The fraction of sp³-hybridized carbons (Fsp3) is 0.286.